The Kier molecular flexibility index (Phi) is 9.50. The van der Waals surface area contributed by atoms with E-state index in [9.17, 15) is 18.6 Å². The molecule has 5 N–H and O–H groups in total. The number of aromatic hydroxyl groups is 1. The summed E-state index contributed by atoms with van der Waals surface area (Å²) in [7, 11) is -1.75. The molecule has 1 aromatic carbocycles. The Balaban J connectivity index is 1.80. The van der Waals surface area contributed by atoms with Crippen molar-refractivity contribution in [1.82, 2.24) is 16.0 Å². The molecule has 1 unspecified atom stereocenters. The molecule has 11 heteroatoms. The normalized spacial score (nSPS) is 13.2. The minimum absolute atomic E-state index is 0.0555. The van der Waals surface area contributed by atoms with Crippen molar-refractivity contribution in [3.05, 3.63) is 53.5 Å². The van der Waals surface area contributed by atoms with Gasteiger partial charge in [-0.05, 0) is 36.9 Å². The van der Waals surface area contributed by atoms with Crippen LogP contribution < -0.4 is 16.0 Å². The third-order valence-corrected chi connectivity index (χ3v) is 5.34. The van der Waals surface area contributed by atoms with Crippen LogP contribution in [-0.2, 0) is 22.3 Å². The Morgan fingerprint density at radius 2 is 1.87 bits per heavy atom. The van der Waals surface area contributed by atoms with Gasteiger partial charge in [-0.2, -0.15) is 11.8 Å². The van der Waals surface area contributed by atoms with Gasteiger partial charge in [0.1, 0.15) is 17.3 Å². The van der Waals surface area contributed by atoms with E-state index in [0.717, 1.165) is 17.8 Å². The first kappa shape index (κ1) is 24.1. The summed E-state index contributed by atoms with van der Waals surface area (Å²) in [4.78, 5) is 0. The van der Waals surface area contributed by atoms with Crippen LogP contribution in [-0.4, -0.2) is 56.7 Å². The van der Waals surface area contributed by atoms with E-state index in [4.69, 9.17) is 4.42 Å². The van der Waals surface area contributed by atoms with E-state index in [1.807, 2.05) is 19.2 Å². The lowest BCUT2D eigenvalue weighted by molar-refractivity contribution is 0.181. The van der Waals surface area contributed by atoms with Crippen molar-refractivity contribution in [2.45, 2.75) is 18.4 Å². The standard InChI is InChI=1S/C19H28N4O5S2/c1-20-11-16-7-8-17(28-16)13-29-10-9-21-19(23-30(2,26)27)22-12-18(25)14-3-5-15(24)6-4-14/h3-8,18,20,24-25H,9-13H2,1-2H3,(H2,21,22,23). The first-order valence-electron chi connectivity index (χ1n) is 9.31. The van der Waals surface area contributed by atoms with Crippen LogP contribution in [0.3, 0.4) is 0 Å². The van der Waals surface area contributed by atoms with Crippen molar-refractivity contribution < 1.29 is 23.0 Å². The Morgan fingerprint density at radius 1 is 1.17 bits per heavy atom. The van der Waals surface area contributed by atoms with E-state index in [1.165, 1.54) is 12.1 Å². The molecular formula is C19H28N4O5S2. The van der Waals surface area contributed by atoms with Crippen LogP contribution in [0.15, 0.2) is 45.2 Å². The highest BCUT2D eigenvalue weighted by molar-refractivity contribution is 7.98. The summed E-state index contributed by atoms with van der Waals surface area (Å²) < 4.78 is 32.4. The second-order valence-corrected chi connectivity index (χ2v) is 9.29. The van der Waals surface area contributed by atoms with Crippen molar-refractivity contribution in [1.29, 1.82) is 0 Å². The summed E-state index contributed by atoms with van der Waals surface area (Å²) in [5.74, 6) is 3.34. The van der Waals surface area contributed by atoms with Crippen LogP contribution in [0.1, 0.15) is 23.2 Å². The van der Waals surface area contributed by atoms with Gasteiger partial charge in [0.15, 0.2) is 0 Å². The van der Waals surface area contributed by atoms with Gasteiger partial charge in [-0.25, -0.2) is 8.42 Å². The van der Waals surface area contributed by atoms with Crippen LogP contribution in [0.4, 0.5) is 0 Å². The summed E-state index contributed by atoms with van der Waals surface area (Å²) in [6, 6.07) is 10.0. The van der Waals surface area contributed by atoms with Crippen LogP contribution in [0.25, 0.3) is 0 Å². The molecule has 0 radical (unpaired) electrons. The van der Waals surface area contributed by atoms with E-state index in [1.54, 1.807) is 23.9 Å². The SMILES string of the molecule is CNCc1ccc(CSCCN/C(=N/S(C)(=O)=O)NCC(O)c2ccc(O)cc2)o1. The van der Waals surface area contributed by atoms with Gasteiger partial charge >= 0.3 is 0 Å². The number of sulfonamides is 1. The third-order valence-electron chi connectivity index (χ3n) is 3.85. The van der Waals surface area contributed by atoms with Crippen LogP contribution in [0, 0.1) is 0 Å². The Labute approximate surface area is 181 Å². The summed E-state index contributed by atoms with van der Waals surface area (Å²) in [5.41, 5.74) is 0.589. The van der Waals surface area contributed by atoms with E-state index in [0.29, 0.717) is 30.2 Å². The molecule has 0 fully saturated rings. The molecule has 0 bridgehead atoms. The van der Waals surface area contributed by atoms with Crippen molar-refractivity contribution in [2.75, 3.05) is 32.1 Å². The monoisotopic (exact) mass is 456 g/mol. The number of benzene rings is 1. The molecule has 1 heterocycles. The number of aliphatic hydroxyl groups excluding tert-OH is 1. The lowest BCUT2D eigenvalue weighted by atomic mass is 10.1. The first-order valence-corrected chi connectivity index (χ1v) is 12.3. The smallest absolute Gasteiger partial charge is 0.253 e. The molecule has 2 rings (SSSR count). The van der Waals surface area contributed by atoms with Gasteiger partial charge in [0.25, 0.3) is 10.0 Å². The molecule has 9 nitrogen and oxygen atoms in total. The third kappa shape index (κ3) is 9.08. The van der Waals surface area contributed by atoms with Crippen molar-refractivity contribution in [2.24, 2.45) is 4.40 Å². The van der Waals surface area contributed by atoms with Gasteiger partial charge in [0.05, 0.1) is 24.7 Å². The Morgan fingerprint density at radius 3 is 2.53 bits per heavy atom. The molecule has 0 aliphatic carbocycles. The molecule has 0 spiro atoms. The van der Waals surface area contributed by atoms with Crippen LogP contribution >= 0.6 is 11.8 Å². The number of nitrogens with zero attached hydrogens (tertiary/aromatic N) is 1. The Bertz CT molecular complexity index is 913. The molecule has 1 atom stereocenters. The fraction of sp³-hybridized carbons (Fsp3) is 0.421. The summed E-state index contributed by atoms with van der Waals surface area (Å²) in [6.45, 7) is 1.21. The van der Waals surface area contributed by atoms with Crippen molar-refractivity contribution >= 4 is 27.7 Å². The highest BCUT2D eigenvalue weighted by Gasteiger charge is 2.10. The van der Waals surface area contributed by atoms with Crippen molar-refractivity contribution in [3.8, 4) is 5.75 Å². The molecule has 1 aromatic heterocycles. The molecular weight excluding hydrogens is 428 g/mol. The van der Waals surface area contributed by atoms with Gasteiger partial charge in [-0.1, -0.05) is 12.1 Å². The molecule has 0 amide bonds. The fourth-order valence-electron chi connectivity index (χ4n) is 2.48. The van der Waals surface area contributed by atoms with E-state index in [2.05, 4.69) is 20.3 Å². The highest BCUT2D eigenvalue weighted by atomic mass is 32.2. The summed E-state index contributed by atoms with van der Waals surface area (Å²) in [6.07, 6.45) is 0.110. The highest BCUT2D eigenvalue weighted by Crippen LogP contribution is 2.16. The number of phenols is 1. The van der Waals surface area contributed by atoms with Crippen molar-refractivity contribution in [3.63, 3.8) is 0 Å². The number of thioether (sulfide) groups is 1. The number of guanidine groups is 1. The summed E-state index contributed by atoms with van der Waals surface area (Å²) in [5, 5.41) is 28.4. The number of phenolic OH excluding ortho intramolecular Hbond substituents is 1. The molecule has 0 saturated carbocycles. The predicted octanol–water partition coefficient (Wildman–Crippen LogP) is 1.17. The summed E-state index contributed by atoms with van der Waals surface area (Å²) >= 11 is 1.64. The van der Waals surface area contributed by atoms with Gasteiger partial charge < -0.3 is 30.6 Å². The Hall–Kier alpha value is -2.21. The van der Waals surface area contributed by atoms with Crippen LogP contribution in [0.5, 0.6) is 5.75 Å². The molecule has 0 saturated heterocycles. The van der Waals surface area contributed by atoms with Crippen LogP contribution in [0.2, 0.25) is 0 Å². The fourth-order valence-corrected chi connectivity index (χ4v) is 3.69. The van der Waals surface area contributed by atoms with Gasteiger partial charge in [0, 0.05) is 18.8 Å². The zero-order valence-corrected chi connectivity index (χ0v) is 18.6. The molecule has 0 aliphatic rings. The topological polar surface area (TPSA) is 136 Å². The van der Waals surface area contributed by atoms with Gasteiger partial charge in [0.2, 0.25) is 5.96 Å². The number of furan rings is 1. The van der Waals surface area contributed by atoms with Gasteiger partial charge in [-0.3, -0.25) is 0 Å². The van der Waals surface area contributed by atoms with E-state index >= 15 is 0 Å². The number of hydrogen-bond acceptors (Lipinski definition) is 7. The lowest BCUT2D eigenvalue weighted by Gasteiger charge is -2.15. The van der Waals surface area contributed by atoms with E-state index in [-0.39, 0.29) is 18.3 Å². The second-order valence-electron chi connectivity index (χ2n) is 6.54. The minimum atomic E-state index is -3.61. The molecule has 166 valence electrons. The maximum Gasteiger partial charge on any atom is 0.253 e. The maximum atomic E-state index is 11.5. The van der Waals surface area contributed by atoms with Gasteiger partial charge in [-0.15, -0.1) is 4.40 Å². The number of hydrogen-bond donors (Lipinski definition) is 5. The lowest BCUT2D eigenvalue weighted by Crippen LogP contribution is -2.41. The average molecular weight is 457 g/mol. The average Bonchev–Trinajstić information content (AvgIpc) is 3.12. The molecule has 30 heavy (non-hydrogen) atoms. The molecule has 2 aromatic rings. The maximum absolute atomic E-state index is 11.5. The number of rotatable bonds is 11. The number of nitrogens with one attached hydrogen (secondary N) is 3. The largest absolute Gasteiger partial charge is 0.508 e. The predicted molar refractivity (Wildman–Crippen MR) is 119 cm³/mol. The quantitative estimate of drug-likeness (QED) is 0.192. The first-order chi connectivity index (χ1) is 14.3. The number of aliphatic hydroxyl groups is 1. The van der Waals surface area contributed by atoms with E-state index < -0.39 is 16.1 Å². The molecule has 0 aliphatic heterocycles. The minimum Gasteiger partial charge on any atom is -0.508 e. The zero-order valence-electron chi connectivity index (χ0n) is 17.0. The zero-order chi connectivity index (χ0) is 22.0. The second kappa shape index (κ2) is 11.8.